The van der Waals surface area contributed by atoms with Crippen molar-refractivity contribution in [2.24, 2.45) is 0 Å². The highest BCUT2D eigenvalue weighted by molar-refractivity contribution is 7.08. The van der Waals surface area contributed by atoms with Gasteiger partial charge >= 0.3 is 0 Å². The third kappa shape index (κ3) is 3.63. The van der Waals surface area contributed by atoms with Gasteiger partial charge in [0.2, 0.25) is 0 Å². The Bertz CT molecular complexity index is 524. The van der Waals surface area contributed by atoms with Crippen molar-refractivity contribution < 1.29 is 14.6 Å². The molecule has 1 aromatic rings. The Balaban J connectivity index is 2.99. The largest absolute Gasteiger partial charge is 0.497 e. The number of hydrogen-bond donors (Lipinski definition) is 1. The van der Waals surface area contributed by atoms with Gasteiger partial charge < -0.3 is 14.6 Å². The van der Waals surface area contributed by atoms with Crippen LogP contribution in [-0.4, -0.2) is 25.7 Å². The number of ether oxygens (including phenoxy) is 1. The average Bonchev–Trinajstić information content (AvgIpc) is 2.43. The first-order chi connectivity index (χ1) is 9.52. The Morgan fingerprint density at radius 3 is 2.10 bits per heavy atom. The van der Waals surface area contributed by atoms with E-state index in [-0.39, 0.29) is 16.0 Å². The summed E-state index contributed by atoms with van der Waals surface area (Å²) in [4.78, 5) is 12.7. The van der Waals surface area contributed by atoms with Gasteiger partial charge in [-0.1, -0.05) is 52.6 Å². The minimum absolute atomic E-state index is 0.0262. The number of aliphatic hydroxyl groups excluding tert-OH is 1. The second-order valence-electron chi connectivity index (χ2n) is 6.91. The zero-order valence-electron chi connectivity index (χ0n) is 13.9. The number of rotatable bonds is 5. The summed E-state index contributed by atoms with van der Waals surface area (Å²) in [5, 5.41) is 10.4. The molecule has 0 aliphatic carbocycles. The molecule has 0 saturated heterocycles. The maximum Gasteiger partial charge on any atom is 0.139 e. The molecule has 1 aromatic carbocycles. The topological polar surface area (TPSA) is 46.5 Å². The molecule has 0 bridgehead atoms. The summed E-state index contributed by atoms with van der Waals surface area (Å²) in [5.41, 5.74) is 0.944. The molecule has 0 radical (unpaired) electrons. The summed E-state index contributed by atoms with van der Waals surface area (Å²) in [6, 6.07) is 7.05. The maximum absolute atomic E-state index is 12.7. The Labute approximate surface area is 128 Å². The summed E-state index contributed by atoms with van der Waals surface area (Å²) in [6.07, 6.45) is -0.961. The Morgan fingerprint density at radius 1 is 1.24 bits per heavy atom. The van der Waals surface area contributed by atoms with E-state index in [4.69, 9.17) is 4.74 Å². The molecule has 0 saturated carbocycles. The van der Waals surface area contributed by atoms with Crippen LogP contribution in [0.15, 0.2) is 36.4 Å². The van der Waals surface area contributed by atoms with Crippen molar-refractivity contribution in [3.8, 4) is 5.75 Å². The standard InChI is InChI=1S/C17H26O3Si/c1-12(16(19)21(6,7)17(2,3)4)15(18)13-8-10-14(20-5)11-9-13/h8-11,15,18H,1H2,2-7H3. The molecular formula is C17H26O3Si. The maximum atomic E-state index is 12.7. The molecule has 4 heteroatoms. The first-order valence-corrected chi connectivity index (χ1v) is 10.1. The van der Waals surface area contributed by atoms with Crippen molar-refractivity contribution in [2.45, 2.75) is 45.0 Å². The lowest BCUT2D eigenvalue weighted by Gasteiger charge is -2.36. The smallest absolute Gasteiger partial charge is 0.139 e. The van der Waals surface area contributed by atoms with E-state index in [1.54, 1.807) is 31.4 Å². The van der Waals surface area contributed by atoms with Crippen LogP contribution < -0.4 is 4.74 Å². The van der Waals surface area contributed by atoms with Crippen LogP contribution in [0, 0.1) is 0 Å². The van der Waals surface area contributed by atoms with E-state index in [0.29, 0.717) is 11.3 Å². The fourth-order valence-electron chi connectivity index (χ4n) is 1.85. The summed E-state index contributed by atoms with van der Waals surface area (Å²) in [7, 11) is -0.619. The minimum atomic E-state index is -2.21. The first kappa shape index (κ1) is 17.7. The molecule has 0 aromatic heterocycles. The molecule has 1 atom stereocenters. The highest BCUT2D eigenvalue weighted by Crippen LogP contribution is 2.39. The van der Waals surface area contributed by atoms with Gasteiger partial charge in [-0.2, -0.15) is 0 Å². The van der Waals surface area contributed by atoms with E-state index in [9.17, 15) is 9.90 Å². The van der Waals surface area contributed by atoms with Crippen LogP contribution in [0.3, 0.4) is 0 Å². The monoisotopic (exact) mass is 306 g/mol. The van der Waals surface area contributed by atoms with Crippen LogP contribution >= 0.6 is 0 Å². The lowest BCUT2D eigenvalue weighted by atomic mass is 10.0. The molecule has 1 unspecified atom stereocenters. The number of carbonyl (C=O) groups is 1. The van der Waals surface area contributed by atoms with Gasteiger partial charge in [0.25, 0.3) is 0 Å². The minimum Gasteiger partial charge on any atom is -0.497 e. The zero-order valence-corrected chi connectivity index (χ0v) is 14.9. The van der Waals surface area contributed by atoms with E-state index in [1.807, 2.05) is 13.1 Å². The van der Waals surface area contributed by atoms with Gasteiger partial charge in [0.15, 0.2) is 0 Å². The number of carbonyl (C=O) groups excluding carboxylic acids is 1. The highest BCUT2D eigenvalue weighted by atomic mass is 28.3. The van der Waals surface area contributed by atoms with Crippen LogP contribution in [0.5, 0.6) is 5.75 Å². The molecule has 0 spiro atoms. The fourth-order valence-corrected chi connectivity index (χ4v) is 3.47. The Morgan fingerprint density at radius 2 is 1.71 bits per heavy atom. The van der Waals surface area contributed by atoms with Crippen molar-refractivity contribution >= 4 is 13.5 Å². The number of methoxy groups -OCH3 is 1. The van der Waals surface area contributed by atoms with Crippen LogP contribution in [0.2, 0.25) is 18.1 Å². The lowest BCUT2D eigenvalue weighted by Crippen LogP contribution is -2.47. The first-order valence-electron chi connectivity index (χ1n) is 7.08. The highest BCUT2D eigenvalue weighted by Gasteiger charge is 2.44. The van der Waals surface area contributed by atoms with E-state index in [1.165, 1.54) is 0 Å². The molecular weight excluding hydrogens is 280 g/mol. The molecule has 0 aliphatic rings. The fraction of sp³-hybridized carbons (Fsp3) is 0.471. The van der Waals surface area contributed by atoms with E-state index in [0.717, 1.165) is 0 Å². The van der Waals surface area contributed by atoms with E-state index in [2.05, 4.69) is 27.4 Å². The van der Waals surface area contributed by atoms with Crippen molar-refractivity contribution in [2.75, 3.05) is 7.11 Å². The number of hydrogen-bond acceptors (Lipinski definition) is 3. The predicted molar refractivity (Wildman–Crippen MR) is 89.3 cm³/mol. The Hall–Kier alpha value is -1.39. The van der Waals surface area contributed by atoms with Crippen molar-refractivity contribution in [1.82, 2.24) is 0 Å². The number of aliphatic hydroxyl groups is 1. The summed E-state index contributed by atoms with van der Waals surface area (Å²) < 4.78 is 5.09. The zero-order chi connectivity index (χ0) is 16.4. The molecule has 1 rings (SSSR count). The quantitative estimate of drug-likeness (QED) is 0.663. The lowest BCUT2D eigenvalue weighted by molar-refractivity contribution is -0.110. The second-order valence-corrected chi connectivity index (χ2v) is 12.1. The third-order valence-electron chi connectivity index (χ3n) is 4.50. The summed E-state index contributed by atoms with van der Waals surface area (Å²) in [5.74, 6) is 0.715. The van der Waals surface area contributed by atoms with E-state index >= 15 is 0 Å². The van der Waals surface area contributed by atoms with Crippen LogP contribution in [0.4, 0.5) is 0 Å². The van der Waals surface area contributed by atoms with Crippen molar-refractivity contribution in [1.29, 1.82) is 0 Å². The van der Waals surface area contributed by atoms with Gasteiger partial charge in [-0.25, -0.2) is 0 Å². The summed E-state index contributed by atoms with van der Waals surface area (Å²) >= 11 is 0. The van der Waals surface area contributed by atoms with Gasteiger partial charge in [-0.15, -0.1) is 0 Å². The van der Waals surface area contributed by atoms with Gasteiger partial charge in [0, 0.05) is 5.57 Å². The number of benzene rings is 1. The molecule has 21 heavy (non-hydrogen) atoms. The molecule has 116 valence electrons. The normalized spacial score (nSPS) is 13.7. The van der Waals surface area contributed by atoms with Gasteiger partial charge in [-0.05, 0) is 22.7 Å². The second kappa shape index (κ2) is 6.16. The summed E-state index contributed by atoms with van der Waals surface area (Å²) in [6.45, 7) is 14.1. The van der Waals surface area contributed by atoms with E-state index < -0.39 is 14.2 Å². The van der Waals surface area contributed by atoms with Crippen LogP contribution in [0.1, 0.15) is 32.4 Å². The molecule has 0 aliphatic heterocycles. The molecule has 0 fully saturated rings. The Kier molecular flexibility index (Phi) is 5.18. The van der Waals surface area contributed by atoms with Crippen molar-refractivity contribution in [3.05, 3.63) is 42.0 Å². The average molecular weight is 306 g/mol. The SMILES string of the molecule is C=C(C(=O)[Si](C)(C)C(C)(C)C)C(O)c1ccc(OC)cc1. The molecule has 0 heterocycles. The predicted octanol–water partition coefficient (Wildman–Crippen LogP) is 3.90. The molecule has 1 N–H and O–H groups in total. The van der Waals surface area contributed by atoms with Gasteiger partial charge in [0.1, 0.15) is 25.3 Å². The van der Waals surface area contributed by atoms with Crippen LogP contribution in [-0.2, 0) is 4.79 Å². The van der Waals surface area contributed by atoms with Crippen LogP contribution in [0.25, 0.3) is 0 Å². The van der Waals surface area contributed by atoms with Gasteiger partial charge in [0.05, 0.1) is 7.11 Å². The third-order valence-corrected chi connectivity index (χ3v) is 9.70. The van der Waals surface area contributed by atoms with Crippen molar-refractivity contribution in [3.63, 3.8) is 0 Å². The van der Waals surface area contributed by atoms with Gasteiger partial charge in [-0.3, -0.25) is 0 Å². The molecule has 0 amide bonds. The molecule has 3 nitrogen and oxygen atoms in total.